The minimum Gasteiger partial charge on any atom is -0.497 e. The van der Waals surface area contributed by atoms with E-state index in [1.807, 2.05) is 63.2 Å². The van der Waals surface area contributed by atoms with E-state index in [9.17, 15) is 4.79 Å². The molecule has 1 amide bonds. The maximum atomic E-state index is 13.0. The van der Waals surface area contributed by atoms with Gasteiger partial charge in [-0.15, -0.1) is 0 Å². The van der Waals surface area contributed by atoms with Crippen molar-refractivity contribution in [2.45, 2.75) is 59.6 Å². The lowest BCUT2D eigenvalue weighted by Crippen LogP contribution is -2.40. The molecule has 0 spiro atoms. The molecule has 0 saturated carbocycles. The third-order valence-electron chi connectivity index (χ3n) is 4.82. The summed E-state index contributed by atoms with van der Waals surface area (Å²) in [6, 6.07) is 13.9. The standard InChI is InChI=1S/C24H33NO3/c1-7-22(28-23-15-17(4)8-9-18(23)5)24(26)25-21(14-16(2)3)19-10-12-20(27-6)13-11-19/h8-13,15-16,21-22H,7,14H2,1-6H3,(H,25,26)/t21-,22+/m0/s1. The Morgan fingerprint density at radius 2 is 1.75 bits per heavy atom. The van der Waals surface area contributed by atoms with E-state index in [1.54, 1.807) is 7.11 Å². The van der Waals surface area contributed by atoms with Gasteiger partial charge < -0.3 is 14.8 Å². The summed E-state index contributed by atoms with van der Waals surface area (Å²) in [6.07, 6.45) is 0.946. The van der Waals surface area contributed by atoms with Gasteiger partial charge in [0.25, 0.3) is 5.91 Å². The van der Waals surface area contributed by atoms with Gasteiger partial charge in [0, 0.05) is 0 Å². The van der Waals surface area contributed by atoms with Crippen LogP contribution in [0, 0.1) is 19.8 Å². The second kappa shape index (κ2) is 10.2. The fourth-order valence-electron chi connectivity index (χ4n) is 3.16. The molecule has 0 unspecified atom stereocenters. The number of hydrogen-bond donors (Lipinski definition) is 1. The highest BCUT2D eigenvalue weighted by Gasteiger charge is 2.24. The van der Waals surface area contributed by atoms with Crippen molar-refractivity contribution in [3.8, 4) is 11.5 Å². The van der Waals surface area contributed by atoms with E-state index in [4.69, 9.17) is 9.47 Å². The van der Waals surface area contributed by atoms with Gasteiger partial charge in [-0.25, -0.2) is 0 Å². The predicted molar refractivity (Wildman–Crippen MR) is 114 cm³/mol. The molecular weight excluding hydrogens is 350 g/mol. The fourth-order valence-corrected chi connectivity index (χ4v) is 3.16. The van der Waals surface area contributed by atoms with E-state index in [1.165, 1.54) is 0 Å². The van der Waals surface area contributed by atoms with E-state index in [-0.39, 0.29) is 11.9 Å². The highest BCUT2D eigenvalue weighted by atomic mass is 16.5. The molecule has 0 aliphatic heterocycles. The Bertz CT molecular complexity index is 768. The topological polar surface area (TPSA) is 47.6 Å². The number of amides is 1. The van der Waals surface area contributed by atoms with Gasteiger partial charge in [-0.05, 0) is 67.5 Å². The molecule has 2 atom stereocenters. The molecule has 0 radical (unpaired) electrons. The van der Waals surface area contributed by atoms with Crippen LogP contribution >= 0.6 is 0 Å². The lowest BCUT2D eigenvalue weighted by Gasteiger charge is -2.25. The molecule has 0 bridgehead atoms. The Morgan fingerprint density at radius 3 is 2.32 bits per heavy atom. The Morgan fingerprint density at radius 1 is 1.07 bits per heavy atom. The summed E-state index contributed by atoms with van der Waals surface area (Å²) in [5.41, 5.74) is 3.22. The van der Waals surface area contributed by atoms with Crippen LogP contribution in [0.4, 0.5) is 0 Å². The Kier molecular flexibility index (Phi) is 7.91. The van der Waals surface area contributed by atoms with Crippen molar-refractivity contribution in [3.05, 3.63) is 59.2 Å². The molecular formula is C24H33NO3. The number of aryl methyl sites for hydroxylation is 2. The maximum Gasteiger partial charge on any atom is 0.261 e. The lowest BCUT2D eigenvalue weighted by molar-refractivity contribution is -0.129. The summed E-state index contributed by atoms with van der Waals surface area (Å²) >= 11 is 0. The summed E-state index contributed by atoms with van der Waals surface area (Å²) < 4.78 is 11.3. The van der Waals surface area contributed by atoms with Crippen LogP contribution in [0.25, 0.3) is 0 Å². The normalized spacial score (nSPS) is 13.1. The third kappa shape index (κ3) is 6.01. The van der Waals surface area contributed by atoms with E-state index in [0.717, 1.165) is 34.6 Å². The minimum absolute atomic E-state index is 0.0605. The number of methoxy groups -OCH3 is 1. The lowest BCUT2D eigenvalue weighted by atomic mass is 9.96. The molecule has 4 nitrogen and oxygen atoms in total. The first kappa shape index (κ1) is 21.8. The van der Waals surface area contributed by atoms with Crippen LogP contribution in [0.2, 0.25) is 0 Å². The molecule has 2 aromatic rings. The average molecular weight is 384 g/mol. The monoisotopic (exact) mass is 383 g/mol. The molecule has 152 valence electrons. The van der Waals surface area contributed by atoms with Crippen molar-refractivity contribution < 1.29 is 14.3 Å². The highest BCUT2D eigenvalue weighted by molar-refractivity contribution is 5.81. The molecule has 0 saturated heterocycles. The number of rotatable bonds is 9. The van der Waals surface area contributed by atoms with E-state index >= 15 is 0 Å². The highest BCUT2D eigenvalue weighted by Crippen LogP contribution is 2.25. The fraction of sp³-hybridized carbons (Fsp3) is 0.458. The van der Waals surface area contributed by atoms with Gasteiger partial charge in [0.1, 0.15) is 11.5 Å². The Balaban J connectivity index is 2.16. The predicted octanol–water partition coefficient (Wildman–Crippen LogP) is 5.37. The average Bonchev–Trinajstić information content (AvgIpc) is 2.67. The SMILES string of the molecule is CC[C@@H](Oc1cc(C)ccc1C)C(=O)N[C@@H](CC(C)C)c1ccc(OC)cc1. The summed E-state index contributed by atoms with van der Waals surface area (Å²) in [5.74, 6) is 1.95. The largest absolute Gasteiger partial charge is 0.497 e. The van der Waals surface area contributed by atoms with Gasteiger partial charge in [-0.3, -0.25) is 4.79 Å². The van der Waals surface area contributed by atoms with E-state index in [2.05, 4.69) is 19.2 Å². The minimum atomic E-state index is -0.520. The molecule has 0 aliphatic carbocycles. The summed E-state index contributed by atoms with van der Waals surface area (Å²) in [6.45, 7) is 10.3. The van der Waals surface area contributed by atoms with Crippen molar-refractivity contribution in [3.63, 3.8) is 0 Å². The number of hydrogen-bond acceptors (Lipinski definition) is 3. The van der Waals surface area contributed by atoms with Crippen LogP contribution in [0.15, 0.2) is 42.5 Å². The molecule has 0 aliphatic rings. The first-order valence-corrected chi connectivity index (χ1v) is 10.0. The van der Waals surface area contributed by atoms with Crippen molar-refractivity contribution in [1.29, 1.82) is 0 Å². The maximum absolute atomic E-state index is 13.0. The van der Waals surface area contributed by atoms with Gasteiger partial charge >= 0.3 is 0 Å². The van der Waals surface area contributed by atoms with Gasteiger partial charge in [0.2, 0.25) is 0 Å². The number of benzene rings is 2. The Labute approximate surface area is 169 Å². The quantitative estimate of drug-likeness (QED) is 0.633. The first-order valence-electron chi connectivity index (χ1n) is 10.0. The van der Waals surface area contributed by atoms with E-state index < -0.39 is 6.10 Å². The second-order valence-corrected chi connectivity index (χ2v) is 7.75. The third-order valence-corrected chi connectivity index (χ3v) is 4.82. The molecule has 1 N–H and O–H groups in total. The molecule has 0 heterocycles. The van der Waals surface area contributed by atoms with Crippen LogP contribution in [0.5, 0.6) is 11.5 Å². The zero-order valence-corrected chi connectivity index (χ0v) is 17.9. The molecule has 28 heavy (non-hydrogen) atoms. The first-order chi connectivity index (χ1) is 13.3. The smallest absolute Gasteiger partial charge is 0.261 e. The summed E-state index contributed by atoms with van der Waals surface area (Å²) in [4.78, 5) is 13.0. The second-order valence-electron chi connectivity index (χ2n) is 7.75. The zero-order chi connectivity index (χ0) is 20.7. The van der Waals surface area contributed by atoms with Gasteiger partial charge in [-0.1, -0.05) is 45.0 Å². The molecule has 2 aromatic carbocycles. The Hall–Kier alpha value is -2.49. The van der Waals surface area contributed by atoms with Crippen LogP contribution in [0.3, 0.4) is 0 Å². The van der Waals surface area contributed by atoms with Crippen LogP contribution in [0.1, 0.15) is 56.3 Å². The van der Waals surface area contributed by atoms with Crippen molar-refractivity contribution in [1.82, 2.24) is 5.32 Å². The molecule has 2 rings (SSSR count). The molecule has 0 aromatic heterocycles. The number of carbonyl (C=O) groups is 1. The van der Waals surface area contributed by atoms with Crippen LogP contribution in [-0.2, 0) is 4.79 Å². The number of ether oxygens (including phenoxy) is 2. The molecule has 0 fully saturated rings. The van der Waals surface area contributed by atoms with Gasteiger partial charge in [-0.2, -0.15) is 0 Å². The van der Waals surface area contributed by atoms with Crippen molar-refractivity contribution in [2.75, 3.05) is 7.11 Å². The zero-order valence-electron chi connectivity index (χ0n) is 17.9. The van der Waals surface area contributed by atoms with Gasteiger partial charge in [0.15, 0.2) is 6.10 Å². The van der Waals surface area contributed by atoms with Crippen LogP contribution in [-0.4, -0.2) is 19.1 Å². The number of carbonyl (C=O) groups excluding carboxylic acids is 1. The van der Waals surface area contributed by atoms with Gasteiger partial charge in [0.05, 0.1) is 13.2 Å². The van der Waals surface area contributed by atoms with Crippen molar-refractivity contribution in [2.24, 2.45) is 5.92 Å². The molecule has 4 heteroatoms. The number of nitrogens with one attached hydrogen (secondary N) is 1. The summed E-state index contributed by atoms with van der Waals surface area (Å²) in [7, 11) is 1.65. The van der Waals surface area contributed by atoms with E-state index in [0.29, 0.717) is 12.3 Å². The van der Waals surface area contributed by atoms with Crippen LogP contribution < -0.4 is 14.8 Å². The summed E-state index contributed by atoms with van der Waals surface area (Å²) in [5, 5.41) is 3.20. The van der Waals surface area contributed by atoms with Crippen molar-refractivity contribution >= 4 is 5.91 Å².